The molecule has 5 heteroatoms. The maximum atomic E-state index is 6.43. The Morgan fingerprint density at radius 3 is 2.77 bits per heavy atom. The van der Waals surface area contributed by atoms with Crippen molar-refractivity contribution in [1.29, 1.82) is 0 Å². The average molecular weight is 436 g/mol. The molecule has 3 heterocycles. The quantitative estimate of drug-likeness (QED) is 0.522. The summed E-state index contributed by atoms with van der Waals surface area (Å²) in [6.45, 7) is 9.13. The molecule has 162 valence electrons. The van der Waals surface area contributed by atoms with Gasteiger partial charge in [-0.1, -0.05) is 24.3 Å². The summed E-state index contributed by atoms with van der Waals surface area (Å²) in [5.74, 6) is 1.75. The van der Waals surface area contributed by atoms with E-state index in [9.17, 15) is 0 Å². The van der Waals surface area contributed by atoms with Gasteiger partial charge in [0, 0.05) is 36.5 Å². The fraction of sp³-hybridized carbons (Fsp3) is 0.385. The highest BCUT2D eigenvalue weighted by Gasteiger charge is 2.25. The summed E-state index contributed by atoms with van der Waals surface area (Å²) in [5, 5.41) is 2.18. The number of aryl methyl sites for hydroxylation is 2. The zero-order valence-corrected chi connectivity index (χ0v) is 19.0. The highest BCUT2D eigenvalue weighted by Crippen LogP contribution is 2.40. The second-order valence-corrected chi connectivity index (χ2v) is 9.47. The minimum atomic E-state index is 0.0907. The fourth-order valence-electron chi connectivity index (χ4n) is 4.37. The number of benzene rings is 2. The summed E-state index contributed by atoms with van der Waals surface area (Å²) in [5.41, 5.74) is 6.25. The summed E-state index contributed by atoms with van der Waals surface area (Å²) in [4.78, 5) is 3.91. The average Bonchev–Trinajstić information content (AvgIpc) is 3.36. The summed E-state index contributed by atoms with van der Waals surface area (Å²) < 4.78 is 18.3. The molecule has 0 radical (unpaired) electrons. The lowest BCUT2D eigenvalue weighted by atomic mass is 9.97. The first-order chi connectivity index (χ1) is 15.2. The van der Waals surface area contributed by atoms with Gasteiger partial charge in [0.15, 0.2) is 11.5 Å². The molecule has 2 aliphatic rings. The van der Waals surface area contributed by atoms with Crippen LogP contribution < -0.4 is 9.47 Å². The first-order valence-electron chi connectivity index (χ1n) is 11.0. The number of hydrogen-bond donors (Lipinski definition) is 0. The predicted octanol–water partition coefficient (Wildman–Crippen LogP) is 5.59. The number of thiophene rings is 1. The van der Waals surface area contributed by atoms with E-state index in [1.807, 2.05) is 11.3 Å². The van der Waals surface area contributed by atoms with Crippen molar-refractivity contribution in [3.63, 3.8) is 0 Å². The molecular weight excluding hydrogens is 406 g/mol. The normalized spacial score (nSPS) is 19.0. The smallest absolute Gasteiger partial charge is 0.165 e. The lowest BCUT2D eigenvalue weighted by Gasteiger charge is -2.21. The Morgan fingerprint density at radius 2 is 2.00 bits per heavy atom. The maximum Gasteiger partial charge on any atom is 0.165 e. The Morgan fingerprint density at radius 1 is 1.10 bits per heavy atom. The van der Waals surface area contributed by atoms with Crippen molar-refractivity contribution < 1.29 is 14.2 Å². The van der Waals surface area contributed by atoms with E-state index in [1.54, 1.807) is 0 Å². The van der Waals surface area contributed by atoms with Gasteiger partial charge in [-0.05, 0) is 59.7 Å². The van der Waals surface area contributed by atoms with Crippen molar-refractivity contribution in [3.8, 4) is 22.6 Å². The minimum absolute atomic E-state index is 0.0907. The van der Waals surface area contributed by atoms with E-state index in [2.05, 4.69) is 66.6 Å². The molecule has 31 heavy (non-hydrogen) atoms. The van der Waals surface area contributed by atoms with Gasteiger partial charge in [0.25, 0.3) is 0 Å². The third kappa shape index (κ3) is 4.49. The van der Waals surface area contributed by atoms with Crippen molar-refractivity contribution >= 4 is 11.3 Å². The second kappa shape index (κ2) is 9.03. The molecule has 0 unspecified atom stereocenters. The highest BCUT2D eigenvalue weighted by atomic mass is 32.1. The van der Waals surface area contributed by atoms with Crippen LogP contribution in [0.5, 0.6) is 11.5 Å². The summed E-state index contributed by atoms with van der Waals surface area (Å²) in [7, 11) is 0. The lowest BCUT2D eigenvalue weighted by molar-refractivity contribution is 0.137. The monoisotopic (exact) mass is 435 g/mol. The van der Waals surface area contributed by atoms with Crippen LogP contribution >= 0.6 is 11.3 Å². The van der Waals surface area contributed by atoms with Crippen LogP contribution in [0.4, 0.5) is 0 Å². The molecule has 1 aromatic heterocycles. The van der Waals surface area contributed by atoms with Crippen LogP contribution in [0, 0.1) is 13.8 Å². The van der Waals surface area contributed by atoms with Gasteiger partial charge in [-0.25, -0.2) is 0 Å². The number of fused-ring (bicyclic) bond motifs is 1. The molecule has 2 aromatic carbocycles. The molecule has 3 aromatic rings. The lowest BCUT2D eigenvalue weighted by Crippen LogP contribution is -2.25. The second-order valence-electron chi connectivity index (χ2n) is 8.47. The molecule has 4 nitrogen and oxygen atoms in total. The number of nitrogens with zero attached hydrogens (tertiary/aromatic N) is 1. The molecule has 0 aliphatic carbocycles. The van der Waals surface area contributed by atoms with Gasteiger partial charge in [-0.2, -0.15) is 0 Å². The van der Waals surface area contributed by atoms with Gasteiger partial charge in [-0.15, -0.1) is 11.3 Å². The molecule has 1 saturated heterocycles. The Hall–Kier alpha value is -2.34. The molecule has 2 aliphatic heterocycles. The molecule has 0 N–H and O–H groups in total. The molecule has 1 atom stereocenters. The maximum absolute atomic E-state index is 6.43. The van der Waals surface area contributed by atoms with Crippen molar-refractivity contribution in [2.24, 2.45) is 0 Å². The van der Waals surface area contributed by atoms with Gasteiger partial charge >= 0.3 is 0 Å². The van der Waals surface area contributed by atoms with E-state index in [0.717, 1.165) is 44.2 Å². The molecule has 0 amide bonds. The van der Waals surface area contributed by atoms with E-state index >= 15 is 0 Å². The standard InChI is InChI=1S/C26H29NO3S/c1-18-5-3-4-6-23(18)20-13-21-15-27(16-25-19(2)8-12-31-25)9-11-29-26(21)24(14-20)30-22-7-10-28-17-22/h3-6,8,12-14,22H,7,9-11,15-17H2,1-2H3/t22-/m0/s1. The summed E-state index contributed by atoms with van der Waals surface area (Å²) in [6, 6.07) is 15.2. The van der Waals surface area contributed by atoms with Crippen molar-refractivity contribution in [2.45, 2.75) is 39.5 Å². The Kier molecular flexibility index (Phi) is 5.99. The fourth-order valence-corrected chi connectivity index (χ4v) is 5.31. The van der Waals surface area contributed by atoms with E-state index in [-0.39, 0.29) is 6.10 Å². The molecule has 0 spiro atoms. The third-order valence-electron chi connectivity index (χ3n) is 6.15. The zero-order valence-electron chi connectivity index (χ0n) is 18.2. The van der Waals surface area contributed by atoms with E-state index in [0.29, 0.717) is 13.2 Å². The van der Waals surface area contributed by atoms with Gasteiger partial charge < -0.3 is 14.2 Å². The highest BCUT2D eigenvalue weighted by molar-refractivity contribution is 7.10. The van der Waals surface area contributed by atoms with Gasteiger partial charge in [0.05, 0.1) is 13.2 Å². The van der Waals surface area contributed by atoms with Crippen LogP contribution in [0.3, 0.4) is 0 Å². The molecule has 1 fully saturated rings. The first kappa shape index (κ1) is 20.6. The third-order valence-corrected chi connectivity index (χ3v) is 7.16. The van der Waals surface area contributed by atoms with Crippen molar-refractivity contribution in [3.05, 3.63) is 69.4 Å². The minimum Gasteiger partial charge on any atom is -0.488 e. The molecule has 5 rings (SSSR count). The summed E-state index contributed by atoms with van der Waals surface area (Å²) in [6.07, 6.45) is 1.01. The number of hydrogen-bond acceptors (Lipinski definition) is 5. The van der Waals surface area contributed by atoms with Gasteiger partial charge in [0.1, 0.15) is 12.7 Å². The first-order valence-corrected chi connectivity index (χ1v) is 11.9. The van der Waals surface area contributed by atoms with Crippen LogP contribution in [0.15, 0.2) is 47.8 Å². The topological polar surface area (TPSA) is 30.9 Å². The Bertz CT molecular complexity index is 1050. The number of ether oxygens (including phenoxy) is 3. The Labute approximate surface area is 188 Å². The SMILES string of the molecule is Cc1ccccc1-c1cc2c(c(O[C@H]3CCOC3)c1)OCCN(Cc1sccc1C)C2. The van der Waals surface area contributed by atoms with Crippen LogP contribution in [0.25, 0.3) is 11.1 Å². The van der Waals surface area contributed by atoms with Crippen LogP contribution in [0.1, 0.15) is 28.0 Å². The molecule has 0 saturated carbocycles. The zero-order chi connectivity index (χ0) is 21.2. The van der Waals surface area contributed by atoms with Crippen LogP contribution in [0.2, 0.25) is 0 Å². The van der Waals surface area contributed by atoms with E-state index in [1.165, 1.54) is 32.7 Å². The number of rotatable bonds is 5. The van der Waals surface area contributed by atoms with E-state index in [4.69, 9.17) is 14.2 Å². The van der Waals surface area contributed by atoms with Crippen LogP contribution in [-0.2, 0) is 17.8 Å². The molecule has 0 bridgehead atoms. The van der Waals surface area contributed by atoms with Crippen LogP contribution in [-0.4, -0.2) is 37.4 Å². The largest absolute Gasteiger partial charge is 0.488 e. The van der Waals surface area contributed by atoms with Gasteiger partial charge in [-0.3, -0.25) is 4.90 Å². The van der Waals surface area contributed by atoms with Crippen molar-refractivity contribution in [1.82, 2.24) is 4.90 Å². The van der Waals surface area contributed by atoms with E-state index < -0.39 is 0 Å². The van der Waals surface area contributed by atoms with Gasteiger partial charge in [0.2, 0.25) is 0 Å². The summed E-state index contributed by atoms with van der Waals surface area (Å²) >= 11 is 1.84. The predicted molar refractivity (Wildman–Crippen MR) is 125 cm³/mol. The van der Waals surface area contributed by atoms with Crippen molar-refractivity contribution in [2.75, 3.05) is 26.4 Å². The molecular formula is C26H29NO3S. The Balaban J connectivity index is 1.51.